The summed E-state index contributed by atoms with van der Waals surface area (Å²) in [7, 11) is -4.70. The van der Waals surface area contributed by atoms with Gasteiger partial charge in [0.15, 0.2) is 0 Å². The first kappa shape index (κ1) is 35.9. The minimum atomic E-state index is -4.70. The molecule has 0 amide bonds. The van der Waals surface area contributed by atoms with Crippen molar-refractivity contribution < 1.29 is 27.7 Å². The molecule has 2 aliphatic rings. The van der Waals surface area contributed by atoms with E-state index in [0.29, 0.717) is 6.54 Å². The summed E-state index contributed by atoms with van der Waals surface area (Å²) in [5.74, 6) is -2.11. The summed E-state index contributed by atoms with van der Waals surface area (Å²) >= 11 is 0. The van der Waals surface area contributed by atoms with Crippen LogP contribution in [0.5, 0.6) is 0 Å². The molecule has 3 rings (SSSR count). The van der Waals surface area contributed by atoms with Gasteiger partial charge in [0.05, 0.1) is 0 Å². The molecule has 1 spiro atoms. The molecule has 2 saturated heterocycles. The zero-order valence-corrected chi connectivity index (χ0v) is 28.6. The van der Waals surface area contributed by atoms with Gasteiger partial charge in [-0.15, -0.1) is 0 Å². The van der Waals surface area contributed by atoms with Crippen molar-refractivity contribution in [2.75, 3.05) is 6.54 Å². The molecule has 1 N–H and O–H groups in total. The van der Waals surface area contributed by atoms with Crippen LogP contribution in [0.2, 0.25) is 0 Å². The van der Waals surface area contributed by atoms with Crippen LogP contribution >= 0.6 is 7.51 Å². The van der Waals surface area contributed by atoms with Gasteiger partial charge < -0.3 is 0 Å². The molecule has 2 fully saturated rings. The Morgan fingerprint density at radius 1 is 0.628 bits per heavy atom. The number of rotatable bonds is 22. The fraction of sp³-hybridized carbons (Fsp3) is 0.771. The second-order valence-electron chi connectivity index (χ2n) is 13.3. The van der Waals surface area contributed by atoms with Crippen LogP contribution in [0.3, 0.4) is 0 Å². The van der Waals surface area contributed by atoms with E-state index in [1.807, 2.05) is 58.0 Å². The standard InChI is InChI=1S/C35H60NO6P/c1-6-7-8-9-10-11-12-13-14-15-16-17-18-19-20-24-27-36-33(30-25-22-21-23-26-30)43(39-31(28(2)3)34(37)41-43)40-32(29(4)5)35(38)42-43/h21-23,25-26,28-29,31-33,36H,6-20,24,27H2,1-5H3/t31-,32-,33?/m0/s1. The van der Waals surface area contributed by atoms with Crippen LogP contribution in [0.25, 0.3) is 0 Å². The van der Waals surface area contributed by atoms with Gasteiger partial charge in [-0.05, 0) is 0 Å². The van der Waals surface area contributed by atoms with Gasteiger partial charge in [0, 0.05) is 0 Å². The second kappa shape index (κ2) is 17.8. The topological polar surface area (TPSA) is 83.1 Å². The third-order valence-electron chi connectivity index (χ3n) is 8.70. The summed E-state index contributed by atoms with van der Waals surface area (Å²) in [4.78, 5) is 26.2. The summed E-state index contributed by atoms with van der Waals surface area (Å²) in [6.45, 7) is 10.5. The zero-order valence-electron chi connectivity index (χ0n) is 27.7. The van der Waals surface area contributed by atoms with Gasteiger partial charge >= 0.3 is 210 Å². The van der Waals surface area contributed by atoms with Crippen molar-refractivity contribution in [1.82, 2.24) is 5.32 Å². The number of benzene rings is 1. The molecule has 43 heavy (non-hydrogen) atoms. The Balaban J connectivity index is 1.47. The molecule has 7 nitrogen and oxygen atoms in total. The van der Waals surface area contributed by atoms with Crippen LogP contribution in [0.4, 0.5) is 0 Å². The van der Waals surface area contributed by atoms with Gasteiger partial charge in [-0.25, -0.2) is 0 Å². The van der Waals surface area contributed by atoms with E-state index in [4.69, 9.17) is 18.1 Å². The Labute approximate surface area is 261 Å². The van der Waals surface area contributed by atoms with E-state index in [9.17, 15) is 9.59 Å². The number of unbranched alkanes of at least 4 members (excludes halogenated alkanes) is 15. The SMILES string of the molecule is CCCCCCCCCCCCCCCCCCNC(c1ccccc1)P12(OC(=O)[C@H](C(C)C)O1)OC(=O)[C@H](C(C)C)O2. The van der Waals surface area contributed by atoms with Crippen LogP contribution in [0.15, 0.2) is 30.3 Å². The molecule has 0 aromatic heterocycles. The number of nitrogens with one attached hydrogen (secondary N) is 1. The fourth-order valence-corrected chi connectivity index (χ4v) is 10.3. The van der Waals surface area contributed by atoms with Crippen molar-refractivity contribution in [3.05, 3.63) is 35.9 Å². The Bertz CT molecular complexity index is 934. The maximum atomic E-state index is 13.1. The van der Waals surface area contributed by atoms with Crippen molar-refractivity contribution in [3.8, 4) is 0 Å². The average molecular weight is 622 g/mol. The van der Waals surface area contributed by atoms with Crippen molar-refractivity contribution in [2.45, 2.75) is 155 Å². The average Bonchev–Trinajstić information content (AvgIpc) is 3.45. The Hall–Kier alpha value is -1.53. The molecule has 2 aliphatic heterocycles. The van der Waals surface area contributed by atoms with E-state index in [2.05, 4.69) is 12.2 Å². The van der Waals surface area contributed by atoms with Crippen LogP contribution in [-0.4, -0.2) is 30.7 Å². The maximum absolute atomic E-state index is 13.1. The minimum absolute atomic E-state index is 0.161. The molecule has 0 radical (unpaired) electrons. The molecule has 1 aromatic carbocycles. The molecule has 1 unspecified atom stereocenters. The fourth-order valence-electron chi connectivity index (χ4n) is 6.13. The normalized spacial score (nSPS) is 22.5. The first-order valence-corrected chi connectivity index (χ1v) is 19.4. The first-order chi connectivity index (χ1) is 20.7. The summed E-state index contributed by atoms with van der Waals surface area (Å²) in [5, 5.41) is 3.56. The van der Waals surface area contributed by atoms with Gasteiger partial charge in [-0.1, -0.05) is 51.9 Å². The molecule has 1 aromatic rings. The summed E-state index contributed by atoms with van der Waals surface area (Å²) in [5.41, 5.74) is 0.811. The summed E-state index contributed by atoms with van der Waals surface area (Å²) < 4.78 is 25.0. The molecule has 8 heteroatoms. The van der Waals surface area contributed by atoms with E-state index in [-0.39, 0.29) is 11.8 Å². The molecular weight excluding hydrogens is 561 g/mol. The van der Waals surface area contributed by atoms with E-state index in [1.165, 1.54) is 89.9 Å². The third kappa shape index (κ3) is 9.98. The molecule has 246 valence electrons. The molecule has 3 atom stereocenters. The predicted molar refractivity (Wildman–Crippen MR) is 175 cm³/mol. The van der Waals surface area contributed by atoms with E-state index in [1.54, 1.807) is 0 Å². The third-order valence-corrected chi connectivity index (χ3v) is 12.3. The molecule has 0 aliphatic carbocycles. The zero-order chi connectivity index (χ0) is 31.2. The number of carbonyl (C=O) groups excluding carboxylic acids is 2. The van der Waals surface area contributed by atoms with E-state index in [0.717, 1.165) is 18.4 Å². The quantitative estimate of drug-likeness (QED) is 0.102. The van der Waals surface area contributed by atoms with E-state index < -0.39 is 37.4 Å². The van der Waals surface area contributed by atoms with Crippen LogP contribution in [-0.2, 0) is 27.7 Å². The van der Waals surface area contributed by atoms with Crippen LogP contribution < -0.4 is 5.32 Å². The van der Waals surface area contributed by atoms with Gasteiger partial charge in [0.1, 0.15) is 0 Å². The predicted octanol–water partition coefficient (Wildman–Crippen LogP) is 9.95. The van der Waals surface area contributed by atoms with Gasteiger partial charge in [-0.3, -0.25) is 0 Å². The number of hydrogen-bond donors (Lipinski definition) is 1. The molecule has 2 heterocycles. The number of hydrogen-bond acceptors (Lipinski definition) is 7. The number of carbonyl (C=O) groups is 2. The molecular formula is C35H60NO6P. The first-order valence-electron chi connectivity index (χ1n) is 17.4. The van der Waals surface area contributed by atoms with Gasteiger partial charge in [-0.2, -0.15) is 0 Å². The molecule has 0 bridgehead atoms. The van der Waals surface area contributed by atoms with Gasteiger partial charge in [0.25, 0.3) is 0 Å². The van der Waals surface area contributed by atoms with Crippen molar-refractivity contribution in [1.29, 1.82) is 0 Å². The van der Waals surface area contributed by atoms with E-state index >= 15 is 0 Å². The monoisotopic (exact) mass is 621 g/mol. The van der Waals surface area contributed by atoms with Crippen molar-refractivity contribution in [2.24, 2.45) is 11.8 Å². The Morgan fingerprint density at radius 2 is 1.02 bits per heavy atom. The Morgan fingerprint density at radius 3 is 1.40 bits per heavy atom. The Kier molecular flexibility index (Phi) is 14.9. The van der Waals surface area contributed by atoms with Crippen molar-refractivity contribution in [3.63, 3.8) is 0 Å². The molecule has 0 saturated carbocycles. The second-order valence-corrected chi connectivity index (χ2v) is 16.3. The van der Waals surface area contributed by atoms with Crippen LogP contribution in [0.1, 0.15) is 149 Å². The van der Waals surface area contributed by atoms with Crippen molar-refractivity contribution >= 4 is 19.4 Å². The van der Waals surface area contributed by atoms with Crippen LogP contribution in [0, 0.1) is 11.8 Å². The summed E-state index contributed by atoms with van der Waals surface area (Å²) in [6.07, 6.45) is 19.3. The van der Waals surface area contributed by atoms with Gasteiger partial charge in [0.2, 0.25) is 0 Å². The summed E-state index contributed by atoms with van der Waals surface area (Å²) in [6, 6.07) is 9.64.